The molecule has 1 atom stereocenters. The first-order valence-electron chi connectivity index (χ1n) is 7.20. The minimum absolute atomic E-state index is 0.112. The maximum Gasteiger partial charge on any atom is 0.0597 e. The molecule has 0 fully saturated rings. The van der Waals surface area contributed by atoms with Gasteiger partial charge in [0, 0.05) is 9.50 Å². The number of hydrogen-bond donors (Lipinski definition) is 1. The summed E-state index contributed by atoms with van der Waals surface area (Å²) in [6, 6.07) is 10.6. The van der Waals surface area contributed by atoms with Crippen LogP contribution >= 0.6 is 27.5 Å². The number of benzene rings is 2. The van der Waals surface area contributed by atoms with E-state index in [2.05, 4.69) is 67.1 Å². The van der Waals surface area contributed by atoms with E-state index in [-0.39, 0.29) is 6.04 Å². The second kappa shape index (κ2) is 6.95. The standard InChI is InChI=1S/C18H21BrClN/c1-5-21-18(15-10-14(19)6-7-16(15)20)17-12(3)8-11(2)9-13(17)4/h6-10,18,21H,5H2,1-4H3. The number of hydrogen-bond acceptors (Lipinski definition) is 1. The molecule has 0 aliphatic heterocycles. The minimum atomic E-state index is 0.112. The molecule has 0 spiro atoms. The van der Waals surface area contributed by atoms with Gasteiger partial charge in [0.1, 0.15) is 0 Å². The Hall–Kier alpha value is -0.830. The van der Waals surface area contributed by atoms with Crippen LogP contribution < -0.4 is 5.32 Å². The van der Waals surface area contributed by atoms with Crippen LogP contribution in [0, 0.1) is 20.8 Å². The first-order valence-corrected chi connectivity index (χ1v) is 8.37. The van der Waals surface area contributed by atoms with Crippen LogP contribution in [0.2, 0.25) is 5.02 Å². The third kappa shape index (κ3) is 3.68. The van der Waals surface area contributed by atoms with E-state index < -0.39 is 0 Å². The van der Waals surface area contributed by atoms with Crippen molar-refractivity contribution in [2.75, 3.05) is 6.54 Å². The third-order valence-electron chi connectivity index (χ3n) is 3.70. The number of aryl methyl sites for hydroxylation is 3. The fourth-order valence-electron chi connectivity index (χ4n) is 2.95. The second-order valence-corrected chi connectivity index (χ2v) is 6.79. The van der Waals surface area contributed by atoms with Crippen LogP contribution in [0.1, 0.15) is 40.8 Å². The third-order valence-corrected chi connectivity index (χ3v) is 4.54. The molecule has 2 aromatic carbocycles. The Bertz CT molecular complexity index is 629. The number of halogens is 2. The monoisotopic (exact) mass is 365 g/mol. The Labute approximate surface area is 140 Å². The molecule has 0 aromatic heterocycles. The SMILES string of the molecule is CCNC(c1cc(Br)ccc1Cl)c1c(C)cc(C)cc1C. The molecule has 1 N–H and O–H groups in total. The Morgan fingerprint density at radius 1 is 1.10 bits per heavy atom. The largest absolute Gasteiger partial charge is 0.306 e. The summed E-state index contributed by atoms with van der Waals surface area (Å²) in [6.45, 7) is 9.49. The van der Waals surface area contributed by atoms with Crippen molar-refractivity contribution in [3.8, 4) is 0 Å². The van der Waals surface area contributed by atoms with E-state index in [1.165, 1.54) is 22.3 Å². The Kier molecular flexibility index (Phi) is 5.48. The van der Waals surface area contributed by atoms with Gasteiger partial charge >= 0.3 is 0 Å². The molecule has 3 heteroatoms. The van der Waals surface area contributed by atoms with Crippen molar-refractivity contribution in [1.29, 1.82) is 0 Å². The van der Waals surface area contributed by atoms with Crippen molar-refractivity contribution in [3.63, 3.8) is 0 Å². The van der Waals surface area contributed by atoms with Gasteiger partial charge in [-0.1, -0.05) is 52.2 Å². The molecular formula is C18H21BrClN. The van der Waals surface area contributed by atoms with E-state index in [1.807, 2.05) is 12.1 Å². The normalized spacial score (nSPS) is 12.5. The first kappa shape index (κ1) is 16.5. The van der Waals surface area contributed by atoms with Crippen molar-refractivity contribution in [1.82, 2.24) is 5.32 Å². The molecule has 2 rings (SSSR count). The van der Waals surface area contributed by atoms with Crippen LogP contribution in [0.4, 0.5) is 0 Å². The molecule has 0 aliphatic carbocycles. The van der Waals surface area contributed by atoms with Crippen molar-refractivity contribution >= 4 is 27.5 Å². The van der Waals surface area contributed by atoms with E-state index in [4.69, 9.17) is 11.6 Å². The van der Waals surface area contributed by atoms with Gasteiger partial charge in [-0.15, -0.1) is 0 Å². The minimum Gasteiger partial charge on any atom is -0.306 e. The van der Waals surface area contributed by atoms with Crippen molar-refractivity contribution in [2.24, 2.45) is 0 Å². The van der Waals surface area contributed by atoms with E-state index in [0.29, 0.717) is 0 Å². The van der Waals surface area contributed by atoms with Gasteiger partial charge in [-0.3, -0.25) is 0 Å². The first-order chi connectivity index (χ1) is 9.93. The van der Waals surface area contributed by atoms with Gasteiger partial charge in [0.2, 0.25) is 0 Å². The average molecular weight is 367 g/mol. The van der Waals surface area contributed by atoms with Crippen LogP contribution in [0.3, 0.4) is 0 Å². The van der Waals surface area contributed by atoms with Gasteiger partial charge in [0.25, 0.3) is 0 Å². The van der Waals surface area contributed by atoms with Crippen LogP contribution in [0.15, 0.2) is 34.8 Å². The summed E-state index contributed by atoms with van der Waals surface area (Å²) in [6.07, 6.45) is 0. The van der Waals surface area contributed by atoms with E-state index in [1.54, 1.807) is 0 Å². The molecular weight excluding hydrogens is 346 g/mol. The molecule has 0 saturated carbocycles. The zero-order valence-corrected chi connectivity index (χ0v) is 15.3. The van der Waals surface area contributed by atoms with Crippen LogP contribution in [-0.4, -0.2) is 6.54 Å². The van der Waals surface area contributed by atoms with Crippen LogP contribution in [0.5, 0.6) is 0 Å². The Balaban J connectivity index is 2.61. The lowest BCUT2D eigenvalue weighted by atomic mass is 9.90. The maximum absolute atomic E-state index is 6.45. The predicted octanol–water partition coefficient (Wildman–Crippen LogP) is 5.73. The van der Waals surface area contributed by atoms with Gasteiger partial charge < -0.3 is 5.32 Å². The van der Waals surface area contributed by atoms with Gasteiger partial charge in [0.15, 0.2) is 0 Å². The molecule has 21 heavy (non-hydrogen) atoms. The van der Waals surface area contributed by atoms with E-state index in [0.717, 1.165) is 21.6 Å². The van der Waals surface area contributed by atoms with Gasteiger partial charge in [-0.05, 0) is 67.8 Å². The lowest BCUT2D eigenvalue weighted by molar-refractivity contribution is 0.624. The zero-order valence-electron chi connectivity index (χ0n) is 12.9. The lowest BCUT2D eigenvalue weighted by Gasteiger charge is -2.24. The quantitative estimate of drug-likeness (QED) is 0.729. The molecule has 1 nitrogen and oxygen atoms in total. The van der Waals surface area contributed by atoms with Crippen molar-refractivity contribution in [3.05, 3.63) is 67.6 Å². The van der Waals surface area contributed by atoms with Crippen LogP contribution in [-0.2, 0) is 0 Å². The molecule has 0 aliphatic rings. The molecule has 112 valence electrons. The highest BCUT2D eigenvalue weighted by molar-refractivity contribution is 9.10. The highest BCUT2D eigenvalue weighted by Gasteiger charge is 2.20. The summed E-state index contributed by atoms with van der Waals surface area (Å²) >= 11 is 10.0. The van der Waals surface area contributed by atoms with E-state index >= 15 is 0 Å². The lowest BCUT2D eigenvalue weighted by Crippen LogP contribution is -2.24. The zero-order chi connectivity index (χ0) is 15.6. The molecule has 0 amide bonds. The number of rotatable bonds is 4. The predicted molar refractivity (Wildman–Crippen MR) is 95.3 cm³/mol. The van der Waals surface area contributed by atoms with Crippen LogP contribution in [0.25, 0.3) is 0 Å². The summed E-state index contributed by atoms with van der Waals surface area (Å²) in [7, 11) is 0. The molecule has 0 saturated heterocycles. The van der Waals surface area contributed by atoms with Crippen molar-refractivity contribution < 1.29 is 0 Å². The number of nitrogens with one attached hydrogen (secondary N) is 1. The second-order valence-electron chi connectivity index (χ2n) is 5.47. The molecule has 1 unspecified atom stereocenters. The summed E-state index contributed by atoms with van der Waals surface area (Å²) < 4.78 is 1.05. The highest BCUT2D eigenvalue weighted by atomic mass is 79.9. The van der Waals surface area contributed by atoms with Gasteiger partial charge in [-0.2, -0.15) is 0 Å². The summed E-state index contributed by atoms with van der Waals surface area (Å²) in [5.41, 5.74) is 6.33. The fourth-order valence-corrected chi connectivity index (χ4v) is 3.56. The van der Waals surface area contributed by atoms with Gasteiger partial charge in [-0.25, -0.2) is 0 Å². The summed E-state index contributed by atoms with van der Waals surface area (Å²) in [4.78, 5) is 0. The summed E-state index contributed by atoms with van der Waals surface area (Å²) in [5, 5.41) is 4.37. The highest BCUT2D eigenvalue weighted by Crippen LogP contribution is 2.34. The Morgan fingerprint density at radius 3 is 2.29 bits per heavy atom. The van der Waals surface area contributed by atoms with Crippen molar-refractivity contribution in [2.45, 2.75) is 33.7 Å². The molecule has 2 aromatic rings. The maximum atomic E-state index is 6.45. The fraction of sp³-hybridized carbons (Fsp3) is 0.333. The smallest absolute Gasteiger partial charge is 0.0597 e. The average Bonchev–Trinajstić information content (AvgIpc) is 2.39. The Morgan fingerprint density at radius 2 is 1.71 bits per heavy atom. The van der Waals surface area contributed by atoms with E-state index in [9.17, 15) is 0 Å². The molecule has 0 heterocycles. The summed E-state index contributed by atoms with van der Waals surface area (Å²) in [5.74, 6) is 0. The topological polar surface area (TPSA) is 12.0 Å². The molecule has 0 radical (unpaired) electrons. The van der Waals surface area contributed by atoms with Gasteiger partial charge in [0.05, 0.1) is 6.04 Å². The molecule has 0 bridgehead atoms.